The number of benzene rings is 2. The highest BCUT2D eigenvalue weighted by molar-refractivity contribution is 6.38. The summed E-state index contributed by atoms with van der Waals surface area (Å²) in [5.41, 5.74) is 7.38. The molecule has 5 aromatic rings. The zero-order valence-electron chi connectivity index (χ0n) is 17.8. The molecule has 0 N–H and O–H groups in total. The SMILES string of the molecule is Clc1nc2c(C3=CCCCC3)c(-c3ccccc3)nn2c(Cl)c1-c1ccc2ncccc2c1. The monoisotopic (exact) mass is 470 g/mol. The van der Waals surface area contributed by atoms with Crippen LogP contribution in [0.15, 0.2) is 72.9 Å². The number of hydrogen-bond acceptors (Lipinski definition) is 3. The minimum absolute atomic E-state index is 0.368. The summed E-state index contributed by atoms with van der Waals surface area (Å²) >= 11 is 13.8. The third-order valence-electron chi connectivity index (χ3n) is 6.21. The molecule has 3 aromatic heterocycles. The van der Waals surface area contributed by atoms with Gasteiger partial charge in [-0.2, -0.15) is 5.10 Å². The van der Waals surface area contributed by atoms with Gasteiger partial charge in [-0.15, -0.1) is 0 Å². The van der Waals surface area contributed by atoms with Gasteiger partial charge in [0.05, 0.1) is 16.6 Å². The van der Waals surface area contributed by atoms with Crippen LogP contribution < -0.4 is 0 Å². The van der Waals surface area contributed by atoms with E-state index in [1.807, 2.05) is 48.5 Å². The summed E-state index contributed by atoms with van der Waals surface area (Å²) in [7, 11) is 0. The number of nitrogens with zero attached hydrogens (tertiary/aromatic N) is 4. The fraction of sp³-hybridized carbons (Fsp3) is 0.148. The topological polar surface area (TPSA) is 43.1 Å². The molecule has 33 heavy (non-hydrogen) atoms. The van der Waals surface area contributed by atoms with E-state index >= 15 is 0 Å². The average Bonchev–Trinajstić information content (AvgIpc) is 3.24. The minimum Gasteiger partial charge on any atom is -0.256 e. The number of halogens is 2. The van der Waals surface area contributed by atoms with E-state index in [0.29, 0.717) is 21.5 Å². The number of rotatable bonds is 3. The predicted molar refractivity (Wildman–Crippen MR) is 136 cm³/mol. The van der Waals surface area contributed by atoms with Gasteiger partial charge in [0.1, 0.15) is 16.0 Å². The first kappa shape index (κ1) is 20.4. The fourth-order valence-corrected chi connectivity index (χ4v) is 5.26. The fourth-order valence-electron chi connectivity index (χ4n) is 4.62. The largest absolute Gasteiger partial charge is 0.256 e. The standard InChI is InChI=1S/C27H20Cl2N4/c28-25-23(20-13-14-21-19(16-20)12-7-15-30-21)26(29)33-27(31-25)22(17-8-3-1-4-9-17)24(32-33)18-10-5-2-6-11-18/h2,5-8,10-16H,1,3-4,9H2. The summed E-state index contributed by atoms with van der Waals surface area (Å²) < 4.78 is 1.74. The number of allylic oxidation sites excluding steroid dienone is 2. The van der Waals surface area contributed by atoms with Crippen LogP contribution in [0, 0.1) is 0 Å². The van der Waals surface area contributed by atoms with Gasteiger partial charge in [-0.1, -0.05) is 71.7 Å². The van der Waals surface area contributed by atoms with Crippen molar-refractivity contribution in [3.05, 3.63) is 88.8 Å². The molecule has 0 atom stereocenters. The zero-order chi connectivity index (χ0) is 22.4. The zero-order valence-corrected chi connectivity index (χ0v) is 19.3. The number of aromatic nitrogens is 4. The van der Waals surface area contributed by atoms with Crippen molar-refractivity contribution in [3.8, 4) is 22.4 Å². The molecule has 0 fully saturated rings. The molecule has 0 unspecified atom stereocenters. The Morgan fingerprint density at radius 3 is 2.55 bits per heavy atom. The van der Waals surface area contributed by atoms with Gasteiger partial charge in [0.15, 0.2) is 5.65 Å². The molecule has 0 saturated carbocycles. The highest BCUT2D eigenvalue weighted by Crippen LogP contribution is 2.41. The Morgan fingerprint density at radius 1 is 0.848 bits per heavy atom. The first-order valence-corrected chi connectivity index (χ1v) is 11.8. The Labute approximate surface area is 201 Å². The Kier molecular flexibility index (Phi) is 5.12. The molecular formula is C27H20Cl2N4. The van der Waals surface area contributed by atoms with Crippen LogP contribution in [0.1, 0.15) is 31.2 Å². The second kappa shape index (κ2) is 8.29. The van der Waals surface area contributed by atoms with Gasteiger partial charge in [0, 0.05) is 17.1 Å². The number of hydrogen-bond donors (Lipinski definition) is 0. The average molecular weight is 471 g/mol. The van der Waals surface area contributed by atoms with Gasteiger partial charge >= 0.3 is 0 Å². The van der Waals surface area contributed by atoms with E-state index in [9.17, 15) is 0 Å². The first-order chi connectivity index (χ1) is 16.2. The van der Waals surface area contributed by atoms with Crippen LogP contribution in [0.3, 0.4) is 0 Å². The lowest BCUT2D eigenvalue weighted by Crippen LogP contribution is -1.99. The lowest BCUT2D eigenvalue weighted by Gasteiger charge is -2.14. The molecule has 3 heterocycles. The Morgan fingerprint density at radius 2 is 1.73 bits per heavy atom. The summed E-state index contributed by atoms with van der Waals surface area (Å²) in [5, 5.41) is 6.79. The molecule has 4 nitrogen and oxygen atoms in total. The molecule has 6 heteroatoms. The molecule has 1 aliphatic carbocycles. The van der Waals surface area contributed by atoms with Crippen LogP contribution >= 0.6 is 23.2 Å². The van der Waals surface area contributed by atoms with Gasteiger partial charge in [-0.3, -0.25) is 4.98 Å². The summed E-state index contributed by atoms with van der Waals surface area (Å²) in [6.07, 6.45) is 8.51. The maximum atomic E-state index is 6.99. The third kappa shape index (κ3) is 3.50. The molecule has 0 amide bonds. The molecule has 2 aromatic carbocycles. The predicted octanol–water partition coefficient (Wildman–Crippen LogP) is 7.88. The number of fused-ring (bicyclic) bond motifs is 2. The van der Waals surface area contributed by atoms with Crippen molar-refractivity contribution in [2.45, 2.75) is 25.7 Å². The second-order valence-corrected chi connectivity index (χ2v) is 9.00. The van der Waals surface area contributed by atoms with Crippen LogP contribution in [0.2, 0.25) is 10.3 Å². The normalized spacial score (nSPS) is 14.1. The number of pyridine rings is 1. The van der Waals surface area contributed by atoms with E-state index in [2.05, 4.69) is 23.2 Å². The van der Waals surface area contributed by atoms with E-state index in [1.54, 1.807) is 10.7 Å². The van der Waals surface area contributed by atoms with E-state index in [-0.39, 0.29) is 0 Å². The van der Waals surface area contributed by atoms with E-state index in [1.165, 1.54) is 12.0 Å². The van der Waals surface area contributed by atoms with Crippen LogP contribution in [0.25, 0.3) is 44.5 Å². The van der Waals surface area contributed by atoms with Crippen molar-refractivity contribution >= 4 is 45.3 Å². The van der Waals surface area contributed by atoms with Crippen LogP contribution in [-0.4, -0.2) is 19.6 Å². The van der Waals surface area contributed by atoms with Crippen LogP contribution in [-0.2, 0) is 0 Å². The first-order valence-electron chi connectivity index (χ1n) is 11.1. The van der Waals surface area contributed by atoms with Gasteiger partial charge in [-0.05, 0) is 55.0 Å². The molecule has 162 valence electrons. The van der Waals surface area contributed by atoms with E-state index in [4.69, 9.17) is 33.3 Å². The van der Waals surface area contributed by atoms with Crippen molar-refractivity contribution in [3.63, 3.8) is 0 Å². The summed E-state index contributed by atoms with van der Waals surface area (Å²) in [6.45, 7) is 0. The van der Waals surface area contributed by atoms with Crippen molar-refractivity contribution in [1.82, 2.24) is 19.6 Å². The van der Waals surface area contributed by atoms with Crippen molar-refractivity contribution < 1.29 is 0 Å². The molecule has 1 aliphatic rings. The van der Waals surface area contributed by atoms with Gasteiger partial charge < -0.3 is 0 Å². The van der Waals surface area contributed by atoms with Crippen molar-refractivity contribution in [2.75, 3.05) is 0 Å². The maximum absolute atomic E-state index is 6.99. The quantitative estimate of drug-likeness (QED) is 0.252. The Hall–Kier alpha value is -3.21. The molecule has 0 saturated heterocycles. The second-order valence-electron chi connectivity index (χ2n) is 8.28. The molecule has 0 radical (unpaired) electrons. The van der Waals surface area contributed by atoms with E-state index < -0.39 is 0 Å². The molecule has 0 spiro atoms. The summed E-state index contributed by atoms with van der Waals surface area (Å²) in [4.78, 5) is 9.24. The lowest BCUT2D eigenvalue weighted by atomic mass is 9.92. The molecule has 6 rings (SSSR count). The Balaban J connectivity index is 1.62. The molecule has 0 bridgehead atoms. The summed E-state index contributed by atoms with van der Waals surface area (Å²) in [6, 6.07) is 20.1. The maximum Gasteiger partial charge on any atom is 0.166 e. The smallest absolute Gasteiger partial charge is 0.166 e. The third-order valence-corrected chi connectivity index (χ3v) is 6.84. The van der Waals surface area contributed by atoms with E-state index in [0.717, 1.165) is 52.5 Å². The summed E-state index contributed by atoms with van der Waals surface area (Å²) in [5.74, 6) is 0. The van der Waals surface area contributed by atoms with Crippen molar-refractivity contribution in [2.24, 2.45) is 0 Å². The van der Waals surface area contributed by atoms with Crippen LogP contribution in [0.5, 0.6) is 0 Å². The molecular weight excluding hydrogens is 451 g/mol. The van der Waals surface area contributed by atoms with Gasteiger partial charge in [0.25, 0.3) is 0 Å². The highest BCUT2D eigenvalue weighted by atomic mass is 35.5. The minimum atomic E-state index is 0.368. The molecule has 0 aliphatic heterocycles. The Bertz CT molecular complexity index is 1540. The lowest BCUT2D eigenvalue weighted by molar-refractivity contribution is 0.742. The van der Waals surface area contributed by atoms with Crippen molar-refractivity contribution in [1.29, 1.82) is 0 Å². The van der Waals surface area contributed by atoms with Gasteiger partial charge in [0.2, 0.25) is 0 Å². The highest BCUT2D eigenvalue weighted by Gasteiger charge is 2.25. The van der Waals surface area contributed by atoms with Gasteiger partial charge in [-0.25, -0.2) is 9.50 Å². The van der Waals surface area contributed by atoms with Crippen LogP contribution in [0.4, 0.5) is 0 Å².